The number of hydrogen-bond donors (Lipinski definition) is 3. The number of nitrogens with zero attached hydrogens (tertiary/aromatic N) is 2. The zero-order chi connectivity index (χ0) is 40.2. The molecule has 0 spiro atoms. The highest BCUT2D eigenvalue weighted by Crippen LogP contribution is 2.45. The topological polar surface area (TPSA) is 221 Å². The van der Waals surface area contributed by atoms with Crippen LogP contribution in [0.15, 0.2) is 82.5 Å². The molecule has 6 atom stereocenters. The van der Waals surface area contributed by atoms with Gasteiger partial charge in [0.2, 0.25) is 0 Å². The van der Waals surface area contributed by atoms with Crippen molar-refractivity contribution in [3.05, 3.63) is 99.3 Å². The van der Waals surface area contributed by atoms with Crippen LogP contribution in [0.2, 0.25) is 0 Å². The number of aromatic nitrogens is 2. The van der Waals surface area contributed by atoms with E-state index >= 15 is 4.39 Å². The van der Waals surface area contributed by atoms with E-state index in [9.17, 15) is 33.6 Å². The number of aliphatic hydroxyl groups is 1. The van der Waals surface area contributed by atoms with Gasteiger partial charge in [-0.05, 0) is 51.8 Å². The summed E-state index contributed by atoms with van der Waals surface area (Å²) in [6.07, 6.45) is -5.22. The van der Waals surface area contributed by atoms with Gasteiger partial charge in [-0.1, -0.05) is 48.5 Å². The van der Waals surface area contributed by atoms with Gasteiger partial charge in [0, 0.05) is 12.3 Å². The van der Waals surface area contributed by atoms with Crippen LogP contribution in [0.5, 0.6) is 5.75 Å². The van der Waals surface area contributed by atoms with E-state index in [-0.39, 0.29) is 25.4 Å². The molecular weight excluding hydrogens is 750 g/mol. The van der Waals surface area contributed by atoms with Crippen molar-refractivity contribution in [1.82, 2.24) is 19.5 Å². The Balaban J connectivity index is 1.30. The number of benzene rings is 2. The minimum atomic E-state index is -4.23. The lowest BCUT2D eigenvalue weighted by atomic mass is 9.97. The molecule has 0 bridgehead atoms. The molecule has 2 heterocycles. The summed E-state index contributed by atoms with van der Waals surface area (Å²) in [6, 6.07) is 16.7. The minimum Gasteiger partial charge on any atom is -0.462 e. The maximum absolute atomic E-state index is 16.0. The fourth-order valence-corrected chi connectivity index (χ4v) is 6.45. The predicted molar refractivity (Wildman–Crippen MR) is 190 cm³/mol. The first-order chi connectivity index (χ1) is 26.1. The molecule has 1 saturated heterocycles. The summed E-state index contributed by atoms with van der Waals surface area (Å²) in [5.41, 5.74) is -3.84. The molecule has 0 unspecified atom stereocenters. The Hall–Kier alpha value is -4.91. The van der Waals surface area contributed by atoms with Gasteiger partial charge < -0.3 is 38.6 Å². The summed E-state index contributed by atoms with van der Waals surface area (Å²) in [7, 11) is -4.23. The first-order valence-corrected chi connectivity index (χ1v) is 18.6. The number of ether oxygens (including phenoxy) is 5. The molecule has 0 aliphatic carbocycles. The number of rotatable bonds is 19. The van der Waals surface area contributed by atoms with Crippen molar-refractivity contribution in [2.45, 2.75) is 83.7 Å². The Morgan fingerprint density at radius 1 is 1.02 bits per heavy atom. The second-order valence-electron chi connectivity index (χ2n) is 12.6. The second-order valence-corrected chi connectivity index (χ2v) is 14.3. The Kier molecular flexibility index (Phi) is 15.3. The van der Waals surface area contributed by atoms with Gasteiger partial charge in [0.05, 0.1) is 18.8 Å². The molecule has 3 N–H and O–H groups in total. The quantitative estimate of drug-likeness (QED) is 0.0522. The molecular formula is C35H44FN4O14P. The summed E-state index contributed by atoms with van der Waals surface area (Å²) in [6.45, 7) is 3.31. The standard InChI is InChI=1S/C35H44FN4O14P/c1-23(2)52-31(44)24(3)38-55(47,54-26-13-9-6-10-14-26)51-22-48-18-16-27-30(43)35(4,36)32(53-27)39-17-15-28(41)40(34(39)46)21-50-29(42)19-37-33(45)49-20-25-11-7-5-8-12-25/h5-15,17,23-24,27,30,32,43H,16,18-22H2,1-4H3,(H,37,45)(H,38,47)/t24-,27+,30+,32+,35+,55+/m0/s1. The third-order valence-corrected chi connectivity index (χ3v) is 9.49. The molecule has 1 fully saturated rings. The van der Waals surface area contributed by atoms with E-state index in [2.05, 4.69) is 10.4 Å². The van der Waals surface area contributed by atoms with Crippen molar-refractivity contribution >= 4 is 25.8 Å². The van der Waals surface area contributed by atoms with E-state index in [4.69, 9.17) is 32.7 Å². The van der Waals surface area contributed by atoms with Crippen molar-refractivity contribution in [3.8, 4) is 5.75 Å². The third kappa shape index (κ3) is 12.3. The number of nitrogens with one attached hydrogen (secondary N) is 2. The molecule has 0 saturated carbocycles. The summed E-state index contributed by atoms with van der Waals surface area (Å²) in [4.78, 5) is 62.3. The second kappa shape index (κ2) is 19.6. The molecule has 0 radical (unpaired) electrons. The Labute approximate surface area is 315 Å². The van der Waals surface area contributed by atoms with Gasteiger partial charge in [0.1, 0.15) is 31.0 Å². The summed E-state index contributed by atoms with van der Waals surface area (Å²) in [5.74, 6) is -1.53. The summed E-state index contributed by atoms with van der Waals surface area (Å²) < 4.78 is 68.0. The van der Waals surface area contributed by atoms with Gasteiger partial charge in [-0.15, -0.1) is 0 Å². The van der Waals surface area contributed by atoms with Crippen molar-refractivity contribution in [2.75, 3.05) is 19.9 Å². The minimum absolute atomic E-state index is 0.0430. The van der Waals surface area contributed by atoms with Crippen LogP contribution in [0.25, 0.3) is 0 Å². The Morgan fingerprint density at radius 2 is 1.69 bits per heavy atom. The van der Waals surface area contributed by atoms with Crippen LogP contribution in [0, 0.1) is 0 Å². The number of para-hydroxylation sites is 1. The number of carbonyl (C=O) groups is 3. The van der Waals surface area contributed by atoms with Crippen LogP contribution >= 0.6 is 7.75 Å². The van der Waals surface area contributed by atoms with Crippen LogP contribution in [-0.4, -0.2) is 82.2 Å². The number of alkyl carbamates (subject to hydrolysis) is 1. The van der Waals surface area contributed by atoms with Crippen LogP contribution in [0.4, 0.5) is 9.18 Å². The van der Waals surface area contributed by atoms with Crippen LogP contribution in [0.1, 0.15) is 45.9 Å². The predicted octanol–water partition coefficient (Wildman–Crippen LogP) is 2.92. The molecule has 55 heavy (non-hydrogen) atoms. The normalized spacial score (nSPS) is 21.0. The number of amides is 1. The van der Waals surface area contributed by atoms with Crippen molar-refractivity contribution in [3.63, 3.8) is 0 Å². The Bertz CT molecular complexity index is 1910. The average molecular weight is 795 g/mol. The van der Waals surface area contributed by atoms with Crippen molar-refractivity contribution < 1.29 is 61.2 Å². The number of aliphatic hydroxyl groups excluding tert-OH is 1. The maximum atomic E-state index is 16.0. The van der Waals surface area contributed by atoms with E-state index in [0.29, 0.717) is 4.57 Å². The molecule has 1 aliphatic heterocycles. The first kappa shape index (κ1) is 42.8. The number of carbonyl (C=O) groups excluding carboxylic acids is 3. The zero-order valence-corrected chi connectivity index (χ0v) is 31.4. The molecule has 20 heteroatoms. The SMILES string of the molecule is CC(C)OC(=O)[C@H](C)N[P@@](=O)(OCOCC[C@H]1O[C@@H](n2ccc(=O)n(COC(=O)CNC(=O)OCc3ccccc3)c2=O)[C@](C)(F)[C@@H]1O)Oc1ccccc1. The highest BCUT2D eigenvalue weighted by Gasteiger charge is 2.55. The van der Waals surface area contributed by atoms with Crippen LogP contribution in [-0.2, 0) is 55.7 Å². The third-order valence-electron chi connectivity index (χ3n) is 7.89. The fourth-order valence-electron chi connectivity index (χ4n) is 5.08. The largest absolute Gasteiger partial charge is 0.462 e. The van der Waals surface area contributed by atoms with Gasteiger partial charge in [-0.25, -0.2) is 23.1 Å². The number of halogens is 1. The van der Waals surface area contributed by atoms with Crippen LogP contribution in [0.3, 0.4) is 0 Å². The van der Waals surface area contributed by atoms with Gasteiger partial charge in [-0.2, -0.15) is 5.09 Å². The number of alkyl halides is 1. The first-order valence-electron chi connectivity index (χ1n) is 17.1. The molecule has 2 aromatic carbocycles. The lowest BCUT2D eigenvalue weighted by Gasteiger charge is -2.25. The molecule has 3 aromatic rings. The van der Waals surface area contributed by atoms with E-state index in [1.54, 1.807) is 62.4 Å². The smallest absolute Gasteiger partial charge is 0.461 e. The molecule has 4 rings (SSSR count). The van der Waals surface area contributed by atoms with Crippen molar-refractivity contribution in [2.24, 2.45) is 0 Å². The molecule has 300 valence electrons. The molecule has 1 amide bonds. The molecule has 18 nitrogen and oxygen atoms in total. The highest BCUT2D eigenvalue weighted by atomic mass is 31.2. The summed E-state index contributed by atoms with van der Waals surface area (Å²) >= 11 is 0. The van der Waals surface area contributed by atoms with E-state index in [0.717, 1.165) is 29.3 Å². The highest BCUT2D eigenvalue weighted by molar-refractivity contribution is 7.52. The average Bonchev–Trinajstić information content (AvgIpc) is 3.36. The van der Waals surface area contributed by atoms with E-state index < -0.39 is 93.3 Å². The molecule has 1 aromatic heterocycles. The van der Waals surface area contributed by atoms with Gasteiger partial charge in [0.25, 0.3) is 5.56 Å². The monoisotopic (exact) mass is 794 g/mol. The number of esters is 2. The van der Waals surface area contributed by atoms with Crippen molar-refractivity contribution in [1.29, 1.82) is 0 Å². The van der Waals surface area contributed by atoms with Gasteiger partial charge >= 0.3 is 31.5 Å². The zero-order valence-electron chi connectivity index (χ0n) is 30.5. The van der Waals surface area contributed by atoms with E-state index in [1.165, 1.54) is 19.1 Å². The number of hydrogen-bond acceptors (Lipinski definition) is 14. The van der Waals surface area contributed by atoms with Gasteiger partial charge in [-0.3, -0.25) is 23.5 Å². The maximum Gasteiger partial charge on any atom is 0.461 e. The van der Waals surface area contributed by atoms with E-state index in [1.807, 2.05) is 0 Å². The lowest BCUT2D eigenvalue weighted by Crippen LogP contribution is -2.46. The van der Waals surface area contributed by atoms with Gasteiger partial charge in [0.15, 0.2) is 25.4 Å². The lowest BCUT2D eigenvalue weighted by molar-refractivity contribution is -0.149. The summed E-state index contributed by atoms with van der Waals surface area (Å²) in [5, 5.41) is 15.5. The Morgan fingerprint density at radius 3 is 2.36 bits per heavy atom. The molecule has 1 aliphatic rings. The van der Waals surface area contributed by atoms with Crippen LogP contribution < -0.4 is 26.2 Å². The fraction of sp³-hybridized carbons (Fsp3) is 0.457.